The van der Waals surface area contributed by atoms with Gasteiger partial charge in [0.05, 0.1) is 6.10 Å². The monoisotopic (exact) mass is 182 g/mol. The standard InChI is InChI=1S/C11H18O2/c1-10-8-6-4-2-3-5-7-9-11(12)13-10/h7,9-10H,2-6,8H2,1H3/b9-7-. The molecule has 0 aromatic carbocycles. The predicted molar refractivity (Wildman–Crippen MR) is 52.4 cm³/mol. The van der Waals surface area contributed by atoms with Crippen molar-refractivity contribution in [2.24, 2.45) is 0 Å². The molecule has 0 aromatic rings. The van der Waals surface area contributed by atoms with E-state index in [1.807, 2.05) is 13.0 Å². The van der Waals surface area contributed by atoms with E-state index in [-0.39, 0.29) is 12.1 Å². The SMILES string of the molecule is CC1CCCCCC/C=C\C(=O)O1. The molecule has 0 bridgehead atoms. The smallest absolute Gasteiger partial charge is 0.330 e. The Hall–Kier alpha value is -0.790. The van der Waals surface area contributed by atoms with Crippen molar-refractivity contribution in [3.63, 3.8) is 0 Å². The maximum atomic E-state index is 11.1. The molecule has 0 amide bonds. The Bertz CT molecular complexity index is 185. The fourth-order valence-electron chi connectivity index (χ4n) is 1.52. The first-order chi connectivity index (χ1) is 6.29. The largest absolute Gasteiger partial charge is 0.460 e. The Morgan fingerprint density at radius 1 is 1.31 bits per heavy atom. The van der Waals surface area contributed by atoms with Gasteiger partial charge in [0, 0.05) is 6.08 Å². The maximum absolute atomic E-state index is 11.1. The Kier molecular flexibility index (Phi) is 4.58. The Morgan fingerprint density at radius 3 is 2.92 bits per heavy atom. The van der Waals surface area contributed by atoms with Crippen molar-refractivity contribution in [2.45, 2.75) is 51.6 Å². The summed E-state index contributed by atoms with van der Waals surface area (Å²) < 4.78 is 5.16. The molecule has 2 nitrogen and oxygen atoms in total. The van der Waals surface area contributed by atoms with Crippen LogP contribution in [0.25, 0.3) is 0 Å². The van der Waals surface area contributed by atoms with Gasteiger partial charge in [-0.2, -0.15) is 0 Å². The summed E-state index contributed by atoms with van der Waals surface area (Å²) in [4.78, 5) is 11.1. The number of esters is 1. The van der Waals surface area contributed by atoms with Gasteiger partial charge in [-0.1, -0.05) is 18.9 Å². The highest BCUT2D eigenvalue weighted by atomic mass is 16.5. The lowest BCUT2D eigenvalue weighted by Gasteiger charge is -2.10. The second-order valence-electron chi connectivity index (χ2n) is 3.64. The van der Waals surface area contributed by atoms with E-state index in [9.17, 15) is 4.79 Å². The van der Waals surface area contributed by atoms with Crippen molar-refractivity contribution < 1.29 is 9.53 Å². The van der Waals surface area contributed by atoms with Crippen LogP contribution in [-0.4, -0.2) is 12.1 Å². The van der Waals surface area contributed by atoms with Gasteiger partial charge in [-0.3, -0.25) is 0 Å². The molecule has 0 saturated carbocycles. The molecule has 74 valence electrons. The molecule has 2 heteroatoms. The molecule has 1 atom stereocenters. The molecule has 1 heterocycles. The minimum atomic E-state index is -0.186. The van der Waals surface area contributed by atoms with Crippen molar-refractivity contribution >= 4 is 5.97 Å². The third kappa shape index (κ3) is 4.71. The number of carbonyl (C=O) groups excluding carboxylic acids is 1. The first-order valence-corrected chi connectivity index (χ1v) is 5.16. The molecule has 1 rings (SSSR count). The van der Waals surface area contributed by atoms with Crippen molar-refractivity contribution in [2.75, 3.05) is 0 Å². The molecule has 0 aliphatic carbocycles. The number of hydrogen-bond donors (Lipinski definition) is 0. The Morgan fingerprint density at radius 2 is 2.08 bits per heavy atom. The maximum Gasteiger partial charge on any atom is 0.330 e. The Balaban J connectivity index is 2.40. The lowest BCUT2D eigenvalue weighted by Crippen LogP contribution is -2.12. The first kappa shape index (κ1) is 10.3. The van der Waals surface area contributed by atoms with Gasteiger partial charge in [0.2, 0.25) is 0 Å². The van der Waals surface area contributed by atoms with E-state index in [1.54, 1.807) is 6.08 Å². The highest BCUT2D eigenvalue weighted by Gasteiger charge is 2.06. The van der Waals surface area contributed by atoms with Crippen LogP contribution in [0.5, 0.6) is 0 Å². The van der Waals surface area contributed by atoms with Gasteiger partial charge in [0.25, 0.3) is 0 Å². The highest BCUT2D eigenvalue weighted by molar-refractivity contribution is 5.81. The topological polar surface area (TPSA) is 26.3 Å². The van der Waals surface area contributed by atoms with Gasteiger partial charge in [-0.25, -0.2) is 4.79 Å². The summed E-state index contributed by atoms with van der Waals surface area (Å²) in [6, 6.07) is 0. The summed E-state index contributed by atoms with van der Waals surface area (Å²) in [7, 11) is 0. The van der Waals surface area contributed by atoms with Crippen molar-refractivity contribution in [1.82, 2.24) is 0 Å². The molecule has 0 fully saturated rings. The molecule has 0 N–H and O–H groups in total. The average molecular weight is 182 g/mol. The second kappa shape index (κ2) is 5.79. The second-order valence-corrected chi connectivity index (χ2v) is 3.64. The number of allylic oxidation sites excluding steroid dienone is 1. The van der Waals surface area contributed by atoms with E-state index >= 15 is 0 Å². The zero-order valence-corrected chi connectivity index (χ0v) is 8.29. The lowest BCUT2D eigenvalue weighted by atomic mass is 10.1. The predicted octanol–water partition coefficient (Wildman–Crippen LogP) is 2.83. The number of ether oxygens (including phenoxy) is 1. The summed E-state index contributed by atoms with van der Waals surface area (Å²) in [5.74, 6) is -0.186. The van der Waals surface area contributed by atoms with Crippen LogP contribution in [-0.2, 0) is 9.53 Å². The molecular weight excluding hydrogens is 164 g/mol. The number of rotatable bonds is 0. The minimum Gasteiger partial charge on any atom is -0.460 e. The molecule has 0 spiro atoms. The van der Waals surface area contributed by atoms with Gasteiger partial charge in [0.1, 0.15) is 0 Å². The molecule has 1 aliphatic rings. The van der Waals surface area contributed by atoms with Crippen LogP contribution < -0.4 is 0 Å². The fraction of sp³-hybridized carbons (Fsp3) is 0.727. The van der Waals surface area contributed by atoms with E-state index in [0.717, 1.165) is 12.8 Å². The van der Waals surface area contributed by atoms with E-state index in [0.29, 0.717) is 0 Å². The molecule has 0 saturated heterocycles. The number of hydrogen-bond acceptors (Lipinski definition) is 2. The van der Waals surface area contributed by atoms with Gasteiger partial charge in [0.15, 0.2) is 0 Å². The van der Waals surface area contributed by atoms with Gasteiger partial charge >= 0.3 is 5.97 Å². The molecule has 1 aliphatic heterocycles. The van der Waals surface area contributed by atoms with Crippen molar-refractivity contribution in [1.29, 1.82) is 0 Å². The summed E-state index contributed by atoms with van der Waals surface area (Å²) in [6.45, 7) is 1.96. The van der Waals surface area contributed by atoms with E-state index in [4.69, 9.17) is 4.74 Å². The van der Waals surface area contributed by atoms with E-state index in [2.05, 4.69) is 0 Å². The quantitative estimate of drug-likeness (QED) is 0.538. The first-order valence-electron chi connectivity index (χ1n) is 5.16. The van der Waals surface area contributed by atoms with Crippen molar-refractivity contribution in [3.05, 3.63) is 12.2 Å². The fourth-order valence-corrected chi connectivity index (χ4v) is 1.52. The van der Waals surface area contributed by atoms with E-state index < -0.39 is 0 Å². The molecule has 0 aromatic heterocycles. The molecular formula is C11H18O2. The Labute approximate surface area is 80.0 Å². The van der Waals surface area contributed by atoms with Crippen LogP contribution in [0.4, 0.5) is 0 Å². The third-order valence-electron chi connectivity index (χ3n) is 2.30. The van der Waals surface area contributed by atoms with E-state index in [1.165, 1.54) is 25.7 Å². The van der Waals surface area contributed by atoms with Crippen molar-refractivity contribution in [3.8, 4) is 0 Å². The molecule has 1 unspecified atom stereocenters. The van der Waals surface area contributed by atoms with Crippen LogP contribution in [0.1, 0.15) is 45.4 Å². The molecule has 13 heavy (non-hydrogen) atoms. The normalized spacial score (nSPS) is 28.7. The van der Waals surface area contributed by atoms with Crippen LogP contribution in [0, 0.1) is 0 Å². The third-order valence-corrected chi connectivity index (χ3v) is 2.30. The van der Waals surface area contributed by atoms with Gasteiger partial charge in [-0.05, 0) is 32.6 Å². The van der Waals surface area contributed by atoms with Crippen LogP contribution >= 0.6 is 0 Å². The number of cyclic esters (lactones) is 1. The minimum absolute atomic E-state index is 0.0789. The van der Waals surface area contributed by atoms with Gasteiger partial charge < -0.3 is 4.74 Å². The van der Waals surface area contributed by atoms with Gasteiger partial charge in [-0.15, -0.1) is 0 Å². The van der Waals surface area contributed by atoms with Crippen LogP contribution in [0.3, 0.4) is 0 Å². The zero-order valence-electron chi connectivity index (χ0n) is 8.29. The average Bonchev–Trinajstić information content (AvgIpc) is 2.11. The summed E-state index contributed by atoms with van der Waals surface area (Å²) in [5.41, 5.74) is 0. The number of carbonyl (C=O) groups is 1. The summed E-state index contributed by atoms with van der Waals surface area (Å²) in [6.07, 6.45) is 10.5. The zero-order chi connectivity index (χ0) is 9.52. The molecule has 0 radical (unpaired) electrons. The lowest BCUT2D eigenvalue weighted by molar-refractivity contribution is -0.142. The summed E-state index contributed by atoms with van der Waals surface area (Å²) >= 11 is 0. The van der Waals surface area contributed by atoms with Crippen LogP contribution in [0.2, 0.25) is 0 Å². The summed E-state index contributed by atoms with van der Waals surface area (Å²) in [5, 5.41) is 0. The highest BCUT2D eigenvalue weighted by Crippen LogP contribution is 2.11. The van der Waals surface area contributed by atoms with Crippen LogP contribution in [0.15, 0.2) is 12.2 Å².